The first-order chi connectivity index (χ1) is 13.6. The van der Waals surface area contributed by atoms with E-state index in [0.29, 0.717) is 24.7 Å². The third-order valence-electron chi connectivity index (χ3n) is 6.55. The molecule has 4 heterocycles. The number of piperidine rings is 1. The molecule has 9 heteroatoms. The van der Waals surface area contributed by atoms with Gasteiger partial charge in [0.2, 0.25) is 0 Å². The molecule has 7 nitrogen and oxygen atoms in total. The van der Waals surface area contributed by atoms with Gasteiger partial charge in [0.25, 0.3) is 11.5 Å². The summed E-state index contributed by atoms with van der Waals surface area (Å²) in [5.74, 6) is -0.0996. The minimum absolute atomic E-state index is 0. The molecule has 0 aromatic carbocycles. The molecular weight excluding hydrogens is 427 g/mol. The van der Waals surface area contributed by atoms with E-state index in [4.69, 9.17) is 4.74 Å². The number of nitrogens with zero attached hydrogens (tertiary/aromatic N) is 3. The fraction of sp³-hybridized carbons (Fsp3) is 0.714. The molecule has 0 aliphatic carbocycles. The normalized spacial score (nSPS) is 21.6. The zero-order chi connectivity index (χ0) is 19.5. The van der Waals surface area contributed by atoms with Crippen molar-refractivity contribution in [1.82, 2.24) is 19.7 Å². The summed E-state index contributed by atoms with van der Waals surface area (Å²) in [5, 5.41) is 3.33. The van der Waals surface area contributed by atoms with Gasteiger partial charge < -0.3 is 19.5 Å². The molecule has 3 fully saturated rings. The number of carbonyl (C=O) groups is 1. The highest BCUT2D eigenvalue weighted by atomic mass is 35.5. The fourth-order valence-corrected chi connectivity index (χ4v) is 4.77. The van der Waals surface area contributed by atoms with Crippen LogP contribution in [0.5, 0.6) is 0 Å². The molecule has 1 aromatic rings. The van der Waals surface area contributed by atoms with Gasteiger partial charge in [-0.15, -0.1) is 24.8 Å². The first-order valence-corrected chi connectivity index (χ1v) is 10.7. The van der Waals surface area contributed by atoms with Crippen LogP contribution in [-0.4, -0.2) is 78.8 Å². The lowest BCUT2D eigenvalue weighted by molar-refractivity contribution is 0.0136. The van der Waals surface area contributed by atoms with Crippen molar-refractivity contribution in [3.05, 3.63) is 33.7 Å². The van der Waals surface area contributed by atoms with E-state index in [1.54, 1.807) is 4.57 Å². The van der Waals surface area contributed by atoms with Gasteiger partial charge in [0.1, 0.15) is 5.56 Å². The molecule has 4 rings (SSSR count). The number of piperazine rings is 1. The second-order valence-corrected chi connectivity index (χ2v) is 8.24. The van der Waals surface area contributed by atoms with E-state index in [1.165, 1.54) is 0 Å². The van der Waals surface area contributed by atoms with Crippen molar-refractivity contribution in [2.75, 3.05) is 52.5 Å². The Morgan fingerprint density at radius 1 is 1.00 bits per heavy atom. The highest BCUT2D eigenvalue weighted by Crippen LogP contribution is 2.20. The molecule has 0 atom stereocenters. The number of pyridine rings is 1. The smallest absolute Gasteiger partial charge is 0.263 e. The summed E-state index contributed by atoms with van der Waals surface area (Å²) in [4.78, 5) is 30.7. The highest BCUT2D eigenvalue weighted by Gasteiger charge is 2.30. The van der Waals surface area contributed by atoms with Gasteiger partial charge in [-0.3, -0.25) is 14.5 Å². The average Bonchev–Trinajstić information content (AvgIpc) is 2.75. The molecule has 1 N–H and O–H groups in total. The van der Waals surface area contributed by atoms with Crippen molar-refractivity contribution < 1.29 is 9.53 Å². The van der Waals surface area contributed by atoms with Crippen molar-refractivity contribution in [2.24, 2.45) is 0 Å². The molecule has 30 heavy (non-hydrogen) atoms. The SMILES string of the molecule is Cc1ccn(C2CCNCC2)c(=O)c1C(=O)N1CCN(C2CCOCC2)CC1.Cl.Cl. The summed E-state index contributed by atoms with van der Waals surface area (Å²) in [7, 11) is 0. The topological polar surface area (TPSA) is 66.8 Å². The maximum atomic E-state index is 13.2. The van der Waals surface area contributed by atoms with Crippen LogP contribution in [0.25, 0.3) is 0 Å². The largest absolute Gasteiger partial charge is 0.381 e. The lowest BCUT2D eigenvalue weighted by Crippen LogP contribution is -2.53. The lowest BCUT2D eigenvalue weighted by Gasteiger charge is -2.40. The summed E-state index contributed by atoms with van der Waals surface area (Å²) < 4.78 is 7.25. The monoisotopic (exact) mass is 460 g/mol. The summed E-state index contributed by atoms with van der Waals surface area (Å²) >= 11 is 0. The van der Waals surface area contributed by atoms with Crippen LogP contribution in [0.4, 0.5) is 0 Å². The van der Waals surface area contributed by atoms with Gasteiger partial charge in [0.15, 0.2) is 0 Å². The molecule has 3 aliphatic heterocycles. The summed E-state index contributed by atoms with van der Waals surface area (Å²) in [6.45, 7) is 8.53. The molecule has 3 aliphatic rings. The van der Waals surface area contributed by atoms with Crippen LogP contribution in [0.1, 0.15) is 47.6 Å². The van der Waals surface area contributed by atoms with Crippen LogP contribution < -0.4 is 10.9 Å². The van der Waals surface area contributed by atoms with Gasteiger partial charge in [-0.2, -0.15) is 0 Å². The Bertz CT molecular complexity index is 753. The maximum absolute atomic E-state index is 13.2. The van der Waals surface area contributed by atoms with E-state index in [9.17, 15) is 9.59 Å². The van der Waals surface area contributed by atoms with Gasteiger partial charge in [0.05, 0.1) is 0 Å². The predicted octanol–water partition coefficient (Wildman–Crippen LogP) is 1.86. The van der Waals surface area contributed by atoms with Gasteiger partial charge >= 0.3 is 0 Å². The molecule has 0 spiro atoms. The van der Waals surface area contributed by atoms with Crippen LogP contribution in [0, 0.1) is 6.92 Å². The number of halogens is 2. The Hall–Kier alpha value is -1.12. The third-order valence-corrected chi connectivity index (χ3v) is 6.55. The van der Waals surface area contributed by atoms with Crippen molar-refractivity contribution >= 4 is 30.7 Å². The van der Waals surface area contributed by atoms with E-state index in [-0.39, 0.29) is 42.3 Å². The number of nitrogens with one attached hydrogen (secondary N) is 1. The van der Waals surface area contributed by atoms with Crippen LogP contribution in [0.2, 0.25) is 0 Å². The number of carbonyl (C=O) groups excluding carboxylic acids is 1. The Morgan fingerprint density at radius 3 is 2.27 bits per heavy atom. The van der Waals surface area contributed by atoms with Crippen LogP contribution in [0.15, 0.2) is 17.1 Å². The maximum Gasteiger partial charge on any atom is 0.263 e. The number of rotatable bonds is 3. The van der Waals surface area contributed by atoms with Crippen molar-refractivity contribution in [3.63, 3.8) is 0 Å². The van der Waals surface area contributed by atoms with Gasteiger partial charge in [-0.1, -0.05) is 0 Å². The quantitative estimate of drug-likeness (QED) is 0.745. The van der Waals surface area contributed by atoms with Gasteiger partial charge in [-0.05, 0) is 57.3 Å². The highest BCUT2D eigenvalue weighted by molar-refractivity contribution is 5.95. The van der Waals surface area contributed by atoms with Gasteiger partial charge in [0, 0.05) is 57.7 Å². The molecule has 0 saturated carbocycles. The Kier molecular flexibility index (Phi) is 9.63. The summed E-state index contributed by atoms with van der Waals surface area (Å²) in [6, 6.07) is 2.68. The van der Waals surface area contributed by atoms with Crippen molar-refractivity contribution in [1.29, 1.82) is 0 Å². The number of ether oxygens (including phenoxy) is 1. The van der Waals surface area contributed by atoms with E-state index >= 15 is 0 Å². The minimum atomic E-state index is -0.122. The van der Waals surface area contributed by atoms with E-state index in [0.717, 1.165) is 70.6 Å². The Labute approximate surface area is 190 Å². The van der Waals surface area contributed by atoms with Crippen LogP contribution in [-0.2, 0) is 4.74 Å². The summed E-state index contributed by atoms with van der Waals surface area (Å²) in [5.41, 5.74) is 1.02. The fourth-order valence-electron chi connectivity index (χ4n) is 4.77. The average molecular weight is 461 g/mol. The van der Waals surface area contributed by atoms with E-state index < -0.39 is 0 Å². The second kappa shape index (κ2) is 11.5. The van der Waals surface area contributed by atoms with Gasteiger partial charge in [-0.25, -0.2) is 0 Å². The Balaban J connectivity index is 0.00000160. The molecule has 0 radical (unpaired) electrons. The van der Waals surface area contributed by atoms with E-state index in [1.807, 2.05) is 24.1 Å². The number of aromatic nitrogens is 1. The first kappa shape index (κ1) is 25.1. The number of amides is 1. The minimum Gasteiger partial charge on any atom is -0.381 e. The standard InChI is InChI=1S/C21H32N4O3.2ClH/c1-16-4-9-25(18-2-7-22-8-3-18)21(27)19(16)20(26)24-12-10-23(11-13-24)17-5-14-28-15-6-17;;/h4,9,17-18,22H,2-3,5-8,10-15H2,1H3;2*1H. The zero-order valence-electron chi connectivity index (χ0n) is 17.7. The first-order valence-electron chi connectivity index (χ1n) is 10.7. The molecule has 1 amide bonds. The molecule has 170 valence electrons. The molecule has 0 unspecified atom stereocenters. The van der Waals surface area contributed by atoms with Crippen LogP contribution >= 0.6 is 24.8 Å². The molecular formula is C21H34Cl2N4O3. The number of hydrogen-bond acceptors (Lipinski definition) is 5. The third kappa shape index (κ3) is 5.37. The molecule has 1 aromatic heterocycles. The predicted molar refractivity (Wildman–Crippen MR) is 122 cm³/mol. The number of hydrogen-bond donors (Lipinski definition) is 1. The molecule has 3 saturated heterocycles. The van der Waals surface area contributed by atoms with Crippen molar-refractivity contribution in [2.45, 2.75) is 44.7 Å². The summed E-state index contributed by atoms with van der Waals surface area (Å²) in [6.07, 6.45) is 5.88. The lowest BCUT2D eigenvalue weighted by atomic mass is 10.0. The number of aryl methyl sites for hydroxylation is 1. The van der Waals surface area contributed by atoms with E-state index in [2.05, 4.69) is 10.2 Å². The van der Waals surface area contributed by atoms with Crippen molar-refractivity contribution in [3.8, 4) is 0 Å². The van der Waals surface area contributed by atoms with Crippen LogP contribution in [0.3, 0.4) is 0 Å². The Morgan fingerprint density at radius 2 is 1.63 bits per heavy atom. The molecule has 0 bridgehead atoms. The second-order valence-electron chi connectivity index (χ2n) is 8.24. The zero-order valence-corrected chi connectivity index (χ0v) is 19.3.